The molecule has 1 heterocycles. The minimum atomic E-state index is -0.753. The Labute approximate surface area is 206 Å². The Morgan fingerprint density at radius 1 is 1.06 bits per heavy atom. The van der Waals surface area contributed by atoms with E-state index in [4.69, 9.17) is 15.2 Å². The largest absolute Gasteiger partial charge is 0.497 e. The molecule has 0 fully saturated rings. The van der Waals surface area contributed by atoms with Gasteiger partial charge in [-0.3, -0.25) is 24.5 Å². The van der Waals surface area contributed by atoms with Crippen LogP contribution in [0.5, 0.6) is 5.75 Å². The first-order valence-corrected chi connectivity index (χ1v) is 11.0. The summed E-state index contributed by atoms with van der Waals surface area (Å²) >= 11 is 0. The summed E-state index contributed by atoms with van der Waals surface area (Å²) in [6.45, 7) is 0.00564. The number of methoxy groups -OCH3 is 2. The first-order chi connectivity index (χ1) is 17.3. The number of nitrogens with zero attached hydrogens (tertiary/aromatic N) is 2. The minimum absolute atomic E-state index is 0.0692. The molecule has 5 N–H and O–H groups in total. The molecule has 12 heteroatoms. The van der Waals surface area contributed by atoms with Gasteiger partial charge in [0.15, 0.2) is 0 Å². The predicted octanol–water partition coefficient (Wildman–Crippen LogP) is 1.13. The third-order valence-electron chi connectivity index (χ3n) is 5.20. The molecule has 3 aromatic rings. The van der Waals surface area contributed by atoms with E-state index in [1.807, 2.05) is 30.3 Å². The number of anilines is 3. The number of hydrogen-bond donors (Lipinski definition) is 4. The number of aromatic amines is 1. The fourth-order valence-electron chi connectivity index (χ4n) is 3.48. The number of carbonyl (C=O) groups excluding carboxylic acids is 2. The van der Waals surface area contributed by atoms with Gasteiger partial charge in [0, 0.05) is 19.3 Å². The third-order valence-corrected chi connectivity index (χ3v) is 5.20. The van der Waals surface area contributed by atoms with E-state index in [1.54, 1.807) is 24.3 Å². The van der Waals surface area contributed by atoms with E-state index in [0.29, 0.717) is 11.4 Å². The average Bonchev–Trinajstić information content (AvgIpc) is 2.84. The summed E-state index contributed by atoms with van der Waals surface area (Å²) in [6, 6.07) is 14.9. The van der Waals surface area contributed by atoms with Crippen LogP contribution in [-0.2, 0) is 22.6 Å². The molecular formula is C24H28N6O6. The van der Waals surface area contributed by atoms with Crippen molar-refractivity contribution in [3.05, 3.63) is 81.0 Å². The number of amides is 3. The summed E-state index contributed by atoms with van der Waals surface area (Å²) in [5.41, 5.74) is 5.92. The highest BCUT2D eigenvalue weighted by atomic mass is 16.5. The van der Waals surface area contributed by atoms with Crippen LogP contribution < -0.4 is 37.3 Å². The number of carbonyl (C=O) groups is 2. The first kappa shape index (κ1) is 26.0. The van der Waals surface area contributed by atoms with E-state index in [0.717, 1.165) is 10.1 Å². The van der Waals surface area contributed by atoms with Gasteiger partial charge in [-0.1, -0.05) is 30.3 Å². The van der Waals surface area contributed by atoms with Crippen LogP contribution in [0.4, 0.5) is 22.0 Å². The number of benzene rings is 2. The Balaban J connectivity index is 1.83. The summed E-state index contributed by atoms with van der Waals surface area (Å²) < 4.78 is 11.3. The Morgan fingerprint density at radius 3 is 2.39 bits per heavy atom. The Bertz CT molecular complexity index is 1300. The molecule has 2 aromatic carbocycles. The molecule has 0 spiro atoms. The zero-order valence-electron chi connectivity index (χ0n) is 19.9. The molecule has 3 rings (SSSR count). The van der Waals surface area contributed by atoms with E-state index < -0.39 is 23.2 Å². The van der Waals surface area contributed by atoms with Crippen molar-refractivity contribution < 1.29 is 19.1 Å². The summed E-state index contributed by atoms with van der Waals surface area (Å²) in [5.74, 6) is -0.194. The fourth-order valence-corrected chi connectivity index (χ4v) is 3.48. The minimum Gasteiger partial charge on any atom is -0.497 e. The third kappa shape index (κ3) is 6.73. The highest BCUT2D eigenvalue weighted by Crippen LogP contribution is 2.19. The van der Waals surface area contributed by atoms with E-state index in [1.165, 1.54) is 19.1 Å². The molecule has 0 saturated carbocycles. The summed E-state index contributed by atoms with van der Waals surface area (Å²) in [6.07, 6.45) is 0. The van der Waals surface area contributed by atoms with E-state index in [2.05, 4.69) is 15.6 Å². The van der Waals surface area contributed by atoms with Crippen molar-refractivity contribution in [2.75, 3.05) is 43.3 Å². The number of imide groups is 1. The Kier molecular flexibility index (Phi) is 8.84. The molecular weight excluding hydrogens is 468 g/mol. The van der Waals surface area contributed by atoms with Crippen LogP contribution in [0.1, 0.15) is 5.56 Å². The first-order valence-electron chi connectivity index (χ1n) is 11.0. The molecule has 36 heavy (non-hydrogen) atoms. The van der Waals surface area contributed by atoms with Crippen LogP contribution in [-0.4, -0.2) is 48.9 Å². The molecule has 0 saturated heterocycles. The van der Waals surface area contributed by atoms with Crippen molar-refractivity contribution in [2.45, 2.75) is 13.1 Å². The molecule has 0 aliphatic carbocycles. The maximum Gasteiger partial charge on any atom is 0.330 e. The molecule has 0 unspecified atom stereocenters. The average molecular weight is 497 g/mol. The zero-order chi connectivity index (χ0) is 26.1. The SMILES string of the molecule is COCCn1c(N)c(N(CC(=O)NC(=O)Nc2ccc(OC)cc2)Cc2ccccc2)c(=O)[nH]c1=O. The predicted molar refractivity (Wildman–Crippen MR) is 135 cm³/mol. The second-order valence-electron chi connectivity index (χ2n) is 7.71. The van der Waals surface area contributed by atoms with Gasteiger partial charge in [0.1, 0.15) is 17.3 Å². The van der Waals surface area contributed by atoms with E-state index >= 15 is 0 Å². The van der Waals surface area contributed by atoms with Gasteiger partial charge in [-0.05, 0) is 29.8 Å². The van der Waals surface area contributed by atoms with Gasteiger partial charge in [0.25, 0.3) is 5.56 Å². The number of H-pyrrole nitrogens is 1. The van der Waals surface area contributed by atoms with Crippen molar-refractivity contribution >= 4 is 29.1 Å². The van der Waals surface area contributed by atoms with Gasteiger partial charge in [-0.15, -0.1) is 0 Å². The van der Waals surface area contributed by atoms with Crippen LogP contribution in [0.25, 0.3) is 0 Å². The van der Waals surface area contributed by atoms with Crippen molar-refractivity contribution in [1.29, 1.82) is 0 Å². The van der Waals surface area contributed by atoms with E-state index in [-0.39, 0.29) is 37.7 Å². The van der Waals surface area contributed by atoms with Crippen LogP contribution in [0.3, 0.4) is 0 Å². The zero-order valence-corrected chi connectivity index (χ0v) is 19.9. The van der Waals surface area contributed by atoms with Crippen LogP contribution in [0.15, 0.2) is 64.2 Å². The molecule has 3 amide bonds. The molecule has 190 valence electrons. The fraction of sp³-hybridized carbons (Fsp3) is 0.250. The van der Waals surface area contributed by atoms with Gasteiger partial charge < -0.3 is 25.4 Å². The molecule has 12 nitrogen and oxygen atoms in total. The monoisotopic (exact) mass is 496 g/mol. The number of hydrogen-bond acceptors (Lipinski definition) is 8. The van der Waals surface area contributed by atoms with Gasteiger partial charge in [-0.25, -0.2) is 9.59 Å². The number of urea groups is 1. The number of rotatable bonds is 10. The van der Waals surface area contributed by atoms with Gasteiger partial charge in [0.2, 0.25) is 5.91 Å². The lowest BCUT2D eigenvalue weighted by Gasteiger charge is -2.25. The molecule has 0 atom stereocenters. The number of ether oxygens (including phenoxy) is 2. The molecule has 0 aliphatic heterocycles. The van der Waals surface area contributed by atoms with Gasteiger partial charge in [0.05, 0.1) is 26.8 Å². The molecule has 0 aliphatic rings. The highest BCUT2D eigenvalue weighted by molar-refractivity contribution is 6.02. The number of nitrogen functional groups attached to an aromatic ring is 1. The Morgan fingerprint density at radius 2 is 1.75 bits per heavy atom. The lowest BCUT2D eigenvalue weighted by atomic mass is 10.2. The Hall–Kier alpha value is -4.58. The summed E-state index contributed by atoms with van der Waals surface area (Å²) in [7, 11) is 2.99. The second-order valence-corrected chi connectivity index (χ2v) is 7.71. The highest BCUT2D eigenvalue weighted by Gasteiger charge is 2.22. The normalized spacial score (nSPS) is 10.5. The van der Waals surface area contributed by atoms with Crippen molar-refractivity contribution in [1.82, 2.24) is 14.9 Å². The molecule has 0 radical (unpaired) electrons. The summed E-state index contributed by atoms with van der Waals surface area (Å²) in [4.78, 5) is 53.9. The van der Waals surface area contributed by atoms with Crippen LogP contribution in [0.2, 0.25) is 0 Å². The molecule has 0 bridgehead atoms. The van der Waals surface area contributed by atoms with E-state index in [9.17, 15) is 19.2 Å². The van der Waals surface area contributed by atoms with Gasteiger partial charge in [-0.2, -0.15) is 0 Å². The smallest absolute Gasteiger partial charge is 0.330 e. The maximum atomic E-state index is 12.8. The number of aromatic nitrogens is 2. The quantitative estimate of drug-likeness (QED) is 0.325. The lowest BCUT2D eigenvalue weighted by Crippen LogP contribution is -2.45. The van der Waals surface area contributed by atoms with Crippen molar-refractivity contribution in [3.8, 4) is 5.75 Å². The second kappa shape index (κ2) is 12.2. The van der Waals surface area contributed by atoms with Crippen molar-refractivity contribution in [3.63, 3.8) is 0 Å². The summed E-state index contributed by atoms with van der Waals surface area (Å²) in [5, 5.41) is 4.79. The topological polar surface area (TPSA) is 161 Å². The lowest BCUT2D eigenvalue weighted by molar-refractivity contribution is -0.118. The van der Waals surface area contributed by atoms with Crippen LogP contribution >= 0.6 is 0 Å². The maximum absolute atomic E-state index is 12.8. The molecule has 1 aromatic heterocycles. The van der Waals surface area contributed by atoms with Crippen molar-refractivity contribution in [2.24, 2.45) is 0 Å². The van der Waals surface area contributed by atoms with Gasteiger partial charge >= 0.3 is 11.7 Å². The number of nitrogens with one attached hydrogen (secondary N) is 3. The van der Waals surface area contributed by atoms with Crippen LogP contribution in [0, 0.1) is 0 Å². The standard InChI is InChI=1S/C24H28N6O6/c1-35-13-12-30-21(25)20(22(32)28-24(30)34)29(14-16-6-4-3-5-7-16)15-19(31)27-23(33)26-17-8-10-18(36-2)11-9-17/h3-11H,12-15,25H2,1-2H3,(H,28,32,34)(H2,26,27,31,33). The number of nitrogens with two attached hydrogens (primary N) is 1.